The van der Waals surface area contributed by atoms with Gasteiger partial charge in [0.05, 0.1) is 29.1 Å². The lowest BCUT2D eigenvalue weighted by Crippen LogP contribution is -2.41. The second-order valence-corrected chi connectivity index (χ2v) is 12.9. The van der Waals surface area contributed by atoms with E-state index in [2.05, 4.69) is 21.7 Å². The normalized spacial score (nSPS) is 14.0. The van der Waals surface area contributed by atoms with Gasteiger partial charge in [0.15, 0.2) is 0 Å². The topological polar surface area (TPSA) is 158 Å². The molecule has 3 N–H and O–H groups in total. The van der Waals surface area contributed by atoms with Gasteiger partial charge in [-0.05, 0) is 61.0 Å². The number of nitrogens with one attached hydrogen (secondary N) is 2. The van der Waals surface area contributed by atoms with Gasteiger partial charge >= 0.3 is 6.09 Å². The Morgan fingerprint density at radius 3 is 2.67 bits per heavy atom. The minimum absolute atomic E-state index is 0.0498. The summed E-state index contributed by atoms with van der Waals surface area (Å²) in [4.78, 5) is 17.1. The van der Waals surface area contributed by atoms with E-state index in [-0.39, 0.29) is 11.9 Å². The van der Waals surface area contributed by atoms with Crippen LogP contribution in [0.2, 0.25) is 0 Å². The highest BCUT2D eigenvalue weighted by Crippen LogP contribution is 2.34. The standard InChI is InChI=1S/C31H33N5O6S/c1-20-15-23(4-7-28(20)41-24-9-12-36(13-10-24)31(37)38)35-30-22(17-32)18-34-27-6-3-21(16-26(27)30)29-8-5-25(42-29)19-33-11-14-43(2,39)40/h3-8,15-16,18,24,33H,9-14,19H2,1-2H3,(H,34,35)(H,37,38). The van der Waals surface area contributed by atoms with Crippen molar-refractivity contribution in [2.45, 2.75) is 32.4 Å². The smallest absolute Gasteiger partial charge is 0.407 e. The number of fused-ring (bicyclic) bond motifs is 1. The van der Waals surface area contributed by atoms with Crippen LogP contribution < -0.4 is 15.4 Å². The molecule has 0 unspecified atom stereocenters. The summed E-state index contributed by atoms with van der Waals surface area (Å²) in [6.45, 7) is 3.59. The maximum Gasteiger partial charge on any atom is 0.407 e. The number of hydrogen-bond donors (Lipinski definition) is 3. The van der Waals surface area contributed by atoms with Gasteiger partial charge in [0.25, 0.3) is 0 Å². The fraction of sp³-hybridized carbons (Fsp3) is 0.323. The number of sulfone groups is 1. The van der Waals surface area contributed by atoms with Gasteiger partial charge in [0.2, 0.25) is 0 Å². The van der Waals surface area contributed by atoms with Crippen molar-refractivity contribution < 1.29 is 27.5 Å². The van der Waals surface area contributed by atoms with Crippen LogP contribution in [0.15, 0.2) is 59.1 Å². The largest absolute Gasteiger partial charge is 0.490 e. The molecule has 5 rings (SSSR count). The van der Waals surface area contributed by atoms with Gasteiger partial charge in [-0.25, -0.2) is 13.2 Å². The third-order valence-electron chi connectivity index (χ3n) is 7.33. The summed E-state index contributed by atoms with van der Waals surface area (Å²) in [6, 6.07) is 17.4. The number of carbonyl (C=O) groups is 1. The van der Waals surface area contributed by atoms with Crippen molar-refractivity contribution >= 4 is 38.2 Å². The number of benzene rings is 2. The van der Waals surface area contributed by atoms with Crippen molar-refractivity contribution in [3.05, 3.63) is 71.6 Å². The predicted molar refractivity (Wildman–Crippen MR) is 163 cm³/mol. The van der Waals surface area contributed by atoms with E-state index in [1.54, 1.807) is 6.20 Å². The van der Waals surface area contributed by atoms with Crippen molar-refractivity contribution in [2.24, 2.45) is 0 Å². The number of aromatic nitrogens is 1. The number of anilines is 2. The number of piperidine rings is 1. The third kappa shape index (κ3) is 7.43. The van der Waals surface area contributed by atoms with E-state index >= 15 is 0 Å². The number of furan rings is 1. The number of rotatable bonds is 10. The number of pyridine rings is 1. The lowest BCUT2D eigenvalue weighted by molar-refractivity contribution is 0.0891. The first-order valence-corrected chi connectivity index (χ1v) is 16.0. The Balaban J connectivity index is 1.33. The molecule has 1 amide bonds. The zero-order valence-corrected chi connectivity index (χ0v) is 24.8. The van der Waals surface area contributed by atoms with Crippen molar-refractivity contribution in [1.29, 1.82) is 5.26 Å². The third-order valence-corrected chi connectivity index (χ3v) is 8.28. The van der Waals surface area contributed by atoms with E-state index in [9.17, 15) is 23.6 Å². The maximum absolute atomic E-state index is 11.3. The highest BCUT2D eigenvalue weighted by Gasteiger charge is 2.24. The summed E-state index contributed by atoms with van der Waals surface area (Å²) >= 11 is 0. The molecule has 4 aromatic rings. The van der Waals surface area contributed by atoms with Crippen LogP contribution >= 0.6 is 0 Å². The van der Waals surface area contributed by atoms with E-state index in [1.807, 2.05) is 55.5 Å². The summed E-state index contributed by atoms with van der Waals surface area (Å²) in [5.41, 5.74) is 4.23. The molecule has 43 heavy (non-hydrogen) atoms. The average molecular weight is 604 g/mol. The molecule has 12 heteroatoms. The molecule has 0 spiro atoms. The van der Waals surface area contributed by atoms with Crippen molar-refractivity contribution in [1.82, 2.24) is 15.2 Å². The summed E-state index contributed by atoms with van der Waals surface area (Å²) in [5, 5.41) is 26.3. The van der Waals surface area contributed by atoms with Crippen molar-refractivity contribution in [2.75, 3.05) is 37.0 Å². The van der Waals surface area contributed by atoms with Crippen LogP contribution in [-0.4, -0.2) is 67.2 Å². The maximum atomic E-state index is 11.3. The Hall–Kier alpha value is -4.60. The number of carboxylic acid groups (broad SMARTS) is 1. The molecule has 0 aliphatic carbocycles. The van der Waals surface area contributed by atoms with Gasteiger partial charge in [-0.2, -0.15) is 5.26 Å². The molecule has 1 saturated heterocycles. The molecular formula is C31H33N5O6S. The Morgan fingerprint density at radius 1 is 1.19 bits per heavy atom. The fourth-order valence-electron chi connectivity index (χ4n) is 5.01. The Morgan fingerprint density at radius 2 is 1.98 bits per heavy atom. The van der Waals surface area contributed by atoms with E-state index in [1.165, 1.54) is 11.2 Å². The zero-order chi connectivity index (χ0) is 30.6. The summed E-state index contributed by atoms with van der Waals surface area (Å²) in [7, 11) is -3.04. The molecule has 0 atom stereocenters. The lowest BCUT2D eigenvalue weighted by atomic mass is 10.0. The SMILES string of the molecule is Cc1cc(Nc2c(C#N)cnc3ccc(-c4ccc(CNCCS(C)(=O)=O)o4)cc23)ccc1OC1CCN(C(=O)O)CC1. The van der Waals surface area contributed by atoms with Crippen LogP contribution in [0.3, 0.4) is 0 Å². The summed E-state index contributed by atoms with van der Waals surface area (Å²) < 4.78 is 34.9. The highest BCUT2D eigenvalue weighted by atomic mass is 32.2. The van der Waals surface area contributed by atoms with Gasteiger partial charge < -0.3 is 29.8 Å². The Bertz CT molecular complexity index is 1790. The van der Waals surface area contributed by atoms with Crippen LogP contribution in [-0.2, 0) is 16.4 Å². The molecule has 2 aromatic heterocycles. The van der Waals surface area contributed by atoms with E-state index in [4.69, 9.17) is 9.15 Å². The van der Waals surface area contributed by atoms with Gasteiger partial charge in [-0.1, -0.05) is 0 Å². The molecule has 0 radical (unpaired) electrons. The first kappa shape index (κ1) is 29.9. The minimum atomic E-state index is -3.04. The number of aryl methyl sites for hydroxylation is 1. The lowest BCUT2D eigenvalue weighted by Gasteiger charge is -2.30. The minimum Gasteiger partial charge on any atom is -0.490 e. The van der Waals surface area contributed by atoms with Crippen molar-refractivity contribution in [3.63, 3.8) is 0 Å². The van der Waals surface area contributed by atoms with E-state index in [0.29, 0.717) is 67.3 Å². The number of ether oxygens (including phenoxy) is 1. The van der Waals surface area contributed by atoms with Gasteiger partial charge in [0.1, 0.15) is 39.3 Å². The Kier molecular flexibility index (Phi) is 8.84. The Labute approximate surface area is 250 Å². The first-order valence-electron chi connectivity index (χ1n) is 13.9. The molecule has 0 bridgehead atoms. The molecule has 2 aromatic carbocycles. The fourth-order valence-corrected chi connectivity index (χ4v) is 5.53. The molecule has 1 fully saturated rings. The predicted octanol–water partition coefficient (Wildman–Crippen LogP) is 5.07. The molecule has 1 aliphatic heterocycles. The second-order valence-electron chi connectivity index (χ2n) is 10.7. The van der Waals surface area contributed by atoms with Gasteiger partial charge in [-0.3, -0.25) is 4.98 Å². The van der Waals surface area contributed by atoms with Crippen molar-refractivity contribution in [3.8, 4) is 23.1 Å². The number of nitrogens with zero attached hydrogens (tertiary/aromatic N) is 3. The monoisotopic (exact) mass is 603 g/mol. The van der Waals surface area contributed by atoms with Gasteiger partial charge in [0, 0.05) is 61.6 Å². The first-order chi connectivity index (χ1) is 20.6. The molecule has 11 nitrogen and oxygen atoms in total. The van der Waals surface area contributed by atoms with Crippen LogP contribution in [0.25, 0.3) is 22.2 Å². The van der Waals surface area contributed by atoms with Crippen LogP contribution in [0, 0.1) is 18.3 Å². The molecule has 1 aliphatic rings. The molecule has 224 valence electrons. The molecular weight excluding hydrogens is 570 g/mol. The molecule has 3 heterocycles. The van der Waals surface area contributed by atoms with Gasteiger partial charge in [-0.15, -0.1) is 0 Å². The summed E-state index contributed by atoms with van der Waals surface area (Å²) in [5.74, 6) is 2.11. The summed E-state index contributed by atoms with van der Waals surface area (Å²) in [6.07, 6.45) is 3.08. The average Bonchev–Trinajstić information content (AvgIpc) is 3.45. The second kappa shape index (κ2) is 12.7. The molecule has 0 saturated carbocycles. The van der Waals surface area contributed by atoms with E-state index in [0.717, 1.165) is 28.0 Å². The van der Waals surface area contributed by atoms with E-state index < -0.39 is 15.9 Å². The number of hydrogen-bond acceptors (Lipinski definition) is 9. The number of nitriles is 1. The van der Waals surface area contributed by atoms with Crippen LogP contribution in [0.5, 0.6) is 5.75 Å². The van der Waals surface area contributed by atoms with Crippen LogP contribution in [0.1, 0.15) is 29.7 Å². The zero-order valence-electron chi connectivity index (χ0n) is 24.0. The van der Waals surface area contributed by atoms with Crippen LogP contribution in [0.4, 0.5) is 16.2 Å². The number of amides is 1. The number of likely N-dealkylation sites (tertiary alicyclic amines) is 1. The highest BCUT2D eigenvalue weighted by molar-refractivity contribution is 7.90. The quantitative estimate of drug-likeness (QED) is 0.209.